The number of benzene rings is 4. The number of aryl methyl sites for hydroxylation is 3. The zero-order valence-corrected chi connectivity index (χ0v) is 25.9. The molecule has 0 aromatic heterocycles. The van der Waals surface area contributed by atoms with E-state index in [0.717, 1.165) is 17.5 Å². The first-order valence-electron chi connectivity index (χ1n) is 14.3. The zero-order valence-electron chi connectivity index (χ0n) is 25.0. The van der Waals surface area contributed by atoms with Crippen molar-refractivity contribution in [1.29, 1.82) is 0 Å². The third-order valence-electron chi connectivity index (χ3n) is 7.58. The van der Waals surface area contributed by atoms with Crippen LogP contribution in [0.5, 0.6) is 40.2 Å². The number of hydrogen-bond acceptors (Lipinski definition) is 8. The molecule has 4 aromatic rings. The molecule has 43 heavy (non-hydrogen) atoms. The van der Waals surface area contributed by atoms with Gasteiger partial charge in [-0.2, -0.15) is 0 Å². The maximum atomic E-state index is 14.2. The highest BCUT2D eigenvalue weighted by atomic mass is 31.2. The summed E-state index contributed by atoms with van der Waals surface area (Å²) in [6.07, 6.45) is 0.487. The summed E-state index contributed by atoms with van der Waals surface area (Å²) in [7, 11) is -3.91. The van der Waals surface area contributed by atoms with Crippen LogP contribution in [0, 0.1) is 20.8 Å². The summed E-state index contributed by atoms with van der Waals surface area (Å²) in [5.74, 6) is 3.84. The molecule has 8 nitrogen and oxygen atoms in total. The minimum Gasteiger partial charge on any atom is -0.479 e. The van der Waals surface area contributed by atoms with Crippen LogP contribution in [-0.2, 0) is 11.0 Å². The van der Waals surface area contributed by atoms with E-state index in [0.29, 0.717) is 46.2 Å². The van der Waals surface area contributed by atoms with Gasteiger partial charge in [-0.15, -0.1) is 0 Å². The van der Waals surface area contributed by atoms with Gasteiger partial charge in [-0.05, 0) is 103 Å². The maximum Gasteiger partial charge on any atom is 0.468 e. The SMILES string of the molecule is Cc1ccc(Cc2c(C)cc(OCP(=O)(Oc3ccc4c(c3)OCO4)Oc3ccc4c(c3)OCO4)cc2C)cc1C(C)C. The zero-order chi connectivity index (χ0) is 30.1. The summed E-state index contributed by atoms with van der Waals surface area (Å²) in [5.41, 5.74) is 7.37. The molecule has 0 spiro atoms. The first-order valence-corrected chi connectivity index (χ1v) is 16.0. The van der Waals surface area contributed by atoms with E-state index >= 15 is 0 Å². The first-order chi connectivity index (χ1) is 20.7. The minimum absolute atomic E-state index is 0.116. The molecule has 0 unspecified atom stereocenters. The van der Waals surface area contributed by atoms with E-state index in [1.54, 1.807) is 36.4 Å². The van der Waals surface area contributed by atoms with Crippen molar-refractivity contribution < 1.29 is 37.3 Å². The Hall–Kier alpha value is -4.29. The van der Waals surface area contributed by atoms with Crippen molar-refractivity contribution in [3.8, 4) is 40.2 Å². The lowest BCUT2D eigenvalue weighted by Gasteiger charge is -2.21. The van der Waals surface area contributed by atoms with Crippen molar-refractivity contribution in [3.05, 3.63) is 100 Å². The van der Waals surface area contributed by atoms with Crippen molar-refractivity contribution in [2.24, 2.45) is 0 Å². The van der Waals surface area contributed by atoms with Crippen molar-refractivity contribution in [3.63, 3.8) is 0 Å². The Balaban J connectivity index is 1.22. The van der Waals surface area contributed by atoms with Crippen LogP contribution < -0.4 is 32.7 Å². The molecule has 0 fully saturated rings. The van der Waals surface area contributed by atoms with E-state index < -0.39 is 7.60 Å². The summed E-state index contributed by atoms with van der Waals surface area (Å²) >= 11 is 0. The van der Waals surface area contributed by atoms with Crippen molar-refractivity contribution >= 4 is 7.60 Å². The molecule has 2 heterocycles. The largest absolute Gasteiger partial charge is 0.479 e. The summed E-state index contributed by atoms with van der Waals surface area (Å²) < 4.78 is 54.0. The normalized spacial score (nSPS) is 13.3. The number of ether oxygens (including phenoxy) is 5. The van der Waals surface area contributed by atoms with Gasteiger partial charge in [-0.3, -0.25) is 0 Å². The van der Waals surface area contributed by atoms with Gasteiger partial charge in [0.2, 0.25) is 19.9 Å². The summed E-state index contributed by atoms with van der Waals surface area (Å²) in [5, 5.41) is 0. The third kappa shape index (κ3) is 6.40. The lowest BCUT2D eigenvalue weighted by molar-refractivity contribution is 0.173. The van der Waals surface area contributed by atoms with Crippen LogP contribution in [-0.4, -0.2) is 19.9 Å². The monoisotopic (exact) mass is 602 g/mol. The Morgan fingerprint density at radius 3 is 1.79 bits per heavy atom. The van der Waals surface area contributed by atoms with Crippen molar-refractivity contribution in [1.82, 2.24) is 0 Å². The van der Waals surface area contributed by atoms with E-state index in [1.807, 2.05) is 12.1 Å². The van der Waals surface area contributed by atoms with E-state index in [1.165, 1.54) is 22.3 Å². The van der Waals surface area contributed by atoms with Gasteiger partial charge in [0.1, 0.15) is 17.2 Å². The van der Waals surface area contributed by atoms with Crippen molar-refractivity contribution in [2.75, 3.05) is 19.9 Å². The van der Waals surface area contributed by atoms with Gasteiger partial charge in [-0.1, -0.05) is 32.0 Å². The molecule has 2 aliphatic rings. The molecule has 0 saturated heterocycles. The Labute approximate surface area is 251 Å². The van der Waals surface area contributed by atoms with E-state index in [-0.39, 0.29) is 19.9 Å². The summed E-state index contributed by atoms with van der Waals surface area (Å²) in [6.45, 7) is 11.0. The molecule has 0 aliphatic carbocycles. The highest BCUT2D eigenvalue weighted by Crippen LogP contribution is 2.51. The molecule has 0 bridgehead atoms. The molecule has 0 radical (unpaired) electrons. The fraction of sp³-hybridized carbons (Fsp3) is 0.294. The average molecular weight is 603 g/mol. The Bertz CT molecular complexity index is 1630. The van der Waals surface area contributed by atoms with Gasteiger partial charge in [-0.25, -0.2) is 4.57 Å². The predicted molar refractivity (Wildman–Crippen MR) is 163 cm³/mol. The number of fused-ring (bicyclic) bond motifs is 2. The van der Waals surface area contributed by atoms with Crippen LogP contribution >= 0.6 is 7.60 Å². The van der Waals surface area contributed by atoms with Crippen LogP contribution in [0.3, 0.4) is 0 Å². The van der Waals surface area contributed by atoms with Crippen molar-refractivity contribution in [2.45, 2.75) is 47.0 Å². The van der Waals surface area contributed by atoms with Gasteiger partial charge in [0, 0.05) is 12.1 Å². The summed E-state index contributed by atoms with van der Waals surface area (Å²) in [4.78, 5) is 0. The van der Waals surface area contributed by atoms with Gasteiger partial charge in [0.25, 0.3) is 0 Å². The average Bonchev–Trinajstić information content (AvgIpc) is 3.63. The fourth-order valence-electron chi connectivity index (χ4n) is 5.36. The second-order valence-corrected chi connectivity index (χ2v) is 13.0. The molecule has 0 saturated carbocycles. The molecule has 9 heteroatoms. The Morgan fingerprint density at radius 2 is 1.23 bits per heavy atom. The smallest absolute Gasteiger partial charge is 0.468 e. The minimum atomic E-state index is -3.91. The predicted octanol–water partition coefficient (Wildman–Crippen LogP) is 8.47. The first kappa shape index (κ1) is 28.8. The van der Waals surface area contributed by atoms with Crippen LogP contribution in [0.1, 0.15) is 53.1 Å². The second kappa shape index (κ2) is 11.8. The highest BCUT2D eigenvalue weighted by Gasteiger charge is 2.32. The molecule has 6 rings (SSSR count). The van der Waals surface area contributed by atoms with Crippen LogP contribution in [0.2, 0.25) is 0 Å². The molecular formula is C34H35O8P. The van der Waals surface area contributed by atoms with Gasteiger partial charge in [0.05, 0.1) is 0 Å². The molecule has 0 atom stereocenters. The quantitative estimate of drug-likeness (QED) is 0.167. The van der Waals surface area contributed by atoms with Gasteiger partial charge in [0.15, 0.2) is 23.0 Å². The maximum absolute atomic E-state index is 14.2. The van der Waals surface area contributed by atoms with E-state index in [9.17, 15) is 4.57 Å². The van der Waals surface area contributed by atoms with Gasteiger partial charge < -0.3 is 32.7 Å². The van der Waals surface area contributed by atoms with E-state index in [4.69, 9.17) is 32.7 Å². The van der Waals surface area contributed by atoms with Crippen LogP contribution in [0.4, 0.5) is 0 Å². The molecular weight excluding hydrogens is 567 g/mol. The second-order valence-electron chi connectivity index (χ2n) is 11.2. The third-order valence-corrected chi connectivity index (χ3v) is 9.01. The topological polar surface area (TPSA) is 81.7 Å². The molecule has 224 valence electrons. The molecule has 0 N–H and O–H groups in total. The van der Waals surface area contributed by atoms with Gasteiger partial charge >= 0.3 is 7.60 Å². The molecule has 4 aromatic carbocycles. The standard InChI is InChI=1S/C34H35O8P/c1-21(2)29-14-25(7-6-22(29)3)15-30-23(4)12-28(13-24(30)5)40-20-43(35,41-26-8-10-31-33(16-26)38-18-36-31)42-27-9-11-32-34(17-27)39-19-37-32/h6-14,16-17,21H,15,18-20H2,1-5H3. The lowest BCUT2D eigenvalue weighted by Crippen LogP contribution is -2.10. The Kier molecular flexibility index (Phi) is 7.89. The summed E-state index contributed by atoms with van der Waals surface area (Å²) in [6, 6.07) is 20.6. The van der Waals surface area contributed by atoms with Crippen LogP contribution in [0.25, 0.3) is 0 Å². The highest BCUT2D eigenvalue weighted by molar-refractivity contribution is 7.54. The number of hydrogen-bond donors (Lipinski definition) is 0. The number of rotatable bonds is 10. The van der Waals surface area contributed by atoms with E-state index in [2.05, 4.69) is 52.8 Å². The lowest BCUT2D eigenvalue weighted by atomic mass is 9.91. The fourth-order valence-corrected chi connectivity index (χ4v) is 6.67. The molecule has 0 amide bonds. The van der Waals surface area contributed by atoms with Crippen LogP contribution in [0.15, 0.2) is 66.7 Å². The Morgan fingerprint density at radius 1 is 0.674 bits per heavy atom. The molecule has 2 aliphatic heterocycles.